The van der Waals surface area contributed by atoms with Gasteiger partial charge in [0.15, 0.2) is 0 Å². The van der Waals surface area contributed by atoms with E-state index in [1.807, 2.05) is 54.9 Å². The smallest absolute Gasteiger partial charge is 0.312 e. The van der Waals surface area contributed by atoms with Gasteiger partial charge in [0.05, 0.1) is 35.1 Å². The van der Waals surface area contributed by atoms with E-state index in [9.17, 15) is 14.9 Å². The molecule has 0 bridgehead atoms. The molecule has 0 radical (unpaired) electrons. The third kappa shape index (κ3) is 5.09. The molecule has 2 aromatic carbocycles. The van der Waals surface area contributed by atoms with Gasteiger partial charge >= 0.3 is 5.69 Å². The number of anilines is 1. The summed E-state index contributed by atoms with van der Waals surface area (Å²) < 4.78 is 3.44. The maximum Gasteiger partial charge on any atom is 0.312 e. The summed E-state index contributed by atoms with van der Waals surface area (Å²) in [6.07, 6.45) is 0. The second kappa shape index (κ2) is 9.71. The lowest BCUT2D eigenvalue weighted by Gasteiger charge is -2.09. The summed E-state index contributed by atoms with van der Waals surface area (Å²) in [5, 5.41) is 23.7. The van der Waals surface area contributed by atoms with Crippen LogP contribution in [-0.4, -0.2) is 30.4 Å². The number of hydrogen-bond acceptors (Lipinski definition) is 5. The molecule has 0 unspecified atom stereocenters. The lowest BCUT2D eigenvalue weighted by atomic mass is 10.1. The number of nitrogens with zero attached hydrogens (tertiary/aromatic N) is 5. The fourth-order valence-electron chi connectivity index (χ4n) is 4.07. The number of nitrogens with one attached hydrogen (secondary N) is 1. The van der Waals surface area contributed by atoms with Gasteiger partial charge < -0.3 is 5.32 Å². The number of benzene rings is 2. The Morgan fingerprint density at radius 2 is 1.57 bits per heavy atom. The van der Waals surface area contributed by atoms with Gasteiger partial charge in [-0.05, 0) is 63.1 Å². The van der Waals surface area contributed by atoms with Gasteiger partial charge in [0.2, 0.25) is 0 Å². The van der Waals surface area contributed by atoms with Crippen molar-refractivity contribution in [3.05, 3.63) is 103 Å². The summed E-state index contributed by atoms with van der Waals surface area (Å²) in [5.74, 6) is -0.244. The molecule has 0 atom stereocenters. The number of nitro groups is 1. The van der Waals surface area contributed by atoms with Crippen LogP contribution in [0.2, 0.25) is 5.02 Å². The van der Waals surface area contributed by atoms with E-state index in [2.05, 4.69) is 15.5 Å². The minimum absolute atomic E-state index is 0.0302. The first-order chi connectivity index (χ1) is 16.6. The molecule has 4 aromatic rings. The number of hydrogen-bond donors (Lipinski definition) is 1. The van der Waals surface area contributed by atoms with E-state index in [0.717, 1.165) is 22.5 Å². The van der Waals surface area contributed by atoms with Crippen molar-refractivity contribution in [2.75, 3.05) is 5.32 Å². The molecule has 0 saturated carbocycles. The van der Waals surface area contributed by atoms with Crippen LogP contribution >= 0.6 is 11.6 Å². The number of carbonyl (C=O) groups is 1. The van der Waals surface area contributed by atoms with Crippen LogP contribution in [0.25, 0.3) is 0 Å². The van der Waals surface area contributed by atoms with Gasteiger partial charge in [-0.3, -0.25) is 24.3 Å². The van der Waals surface area contributed by atoms with E-state index in [-0.39, 0.29) is 11.6 Å². The molecule has 2 heterocycles. The SMILES string of the molecule is Cc1nn(Cc2cccc(Cl)c2)c(C)c1NC(=O)c1ccc(Cn2nc(C)c([N+](=O)[O-])c2C)cc1. The third-order valence-corrected chi connectivity index (χ3v) is 6.15. The van der Waals surface area contributed by atoms with Crippen molar-refractivity contribution in [1.82, 2.24) is 19.6 Å². The molecule has 10 heteroatoms. The average Bonchev–Trinajstić information content (AvgIpc) is 3.23. The molecule has 1 amide bonds. The van der Waals surface area contributed by atoms with Gasteiger partial charge in [-0.1, -0.05) is 35.9 Å². The van der Waals surface area contributed by atoms with Crippen LogP contribution in [-0.2, 0) is 13.1 Å². The molecule has 1 N–H and O–H groups in total. The Bertz CT molecular complexity index is 1420. The van der Waals surface area contributed by atoms with E-state index < -0.39 is 4.92 Å². The lowest BCUT2D eigenvalue weighted by molar-refractivity contribution is -0.386. The molecule has 2 aromatic heterocycles. The van der Waals surface area contributed by atoms with Gasteiger partial charge in [0.1, 0.15) is 11.4 Å². The zero-order chi connectivity index (χ0) is 25.3. The van der Waals surface area contributed by atoms with Crippen molar-refractivity contribution in [1.29, 1.82) is 0 Å². The van der Waals surface area contributed by atoms with Crippen molar-refractivity contribution in [3.8, 4) is 0 Å². The van der Waals surface area contributed by atoms with Crippen LogP contribution in [0.15, 0.2) is 48.5 Å². The highest BCUT2D eigenvalue weighted by molar-refractivity contribution is 6.30. The van der Waals surface area contributed by atoms with E-state index in [0.29, 0.717) is 40.8 Å². The lowest BCUT2D eigenvalue weighted by Crippen LogP contribution is -2.13. The second-order valence-corrected chi connectivity index (χ2v) is 8.86. The summed E-state index contributed by atoms with van der Waals surface area (Å²) in [4.78, 5) is 23.7. The van der Waals surface area contributed by atoms with Gasteiger partial charge in [0, 0.05) is 10.6 Å². The zero-order valence-electron chi connectivity index (χ0n) is 19.9. The van der Waals surface area contributed by atoms with E-state index in [4.69, 9.17) is 11.6 Å². The zero-order valence-corrected chi connectivity index (χ0v) is 20.6. The van der Waals surface area contributed by atoms with Crippen molar-refractivity contribution >= 4 is 28.9 Å². The number of aromatic nitrogens is 4. The quantitative estimate of drug-likeness (QED) is 0.281. The molecule has 35 heavy (non-hydrogen) atoms. The Morgan fingerprint density at radius 1 is 0.943 bits per heavy atom. The number of rotatable bonds is 7. The molecule has 9 nitrogen and oxygen atoms in total. The first kappa shape index (κ1) is 24.2. The first-order valence-electron chi connectivity index (χ1n) is 11.0. The molecule has 0 spiro atoms. The Balaban J connectivity index is 1.47. The second-order valence-electron chi connectivity index (χ2n) is 8.42. The fourth-order valence-corrected chi connectivity index (χ4v) is 4.28. The summed E-state index contributed by atoms with van der Waals surface area (Å²) in [6, 6.07) is 14.7. The monoisotopic (exact) mass is 492 g/mol. The van der Waals surface area contributed by atoms with Gasteiger partial charge in [-0.25, -0.2) is 0 Å². The molecule has 0 fully saturated rings. The maximum absolute atomic E-state index is 12.9. The predicted molar refractivity (Wildman–Crippen MR) is 134 cm³/mol. The largest absolute Gasteiger partial charge is 0.319 e. The number of carbonyl (C=O) groups excluding carboxylic acids is 1. The highest BCUT2D eigenvalue weighted by Gasteiger charge is 2.22. The normalized spacial score (nSPS) is 11.0. The van der Waals surface area contributed by atoms with Crippen LogP contribution < -0.4 is 5.32 Å². The Morgan fingerprint density at radius 3 is 2.20 bits per heavy atom. The van der Waals surface area contributed by atoms with Gasteiger partial charge in [-0.2, -0.15) is 10.2 Å². The molecule has 0 aliphatic carbocycles. The molecular weight excluding hydrogens is 468 g/mol. The van der Waals surface area contributed by atoms with Crippen molar-refractivity contribution < 1.29 is 9.72 Å². The minimum Gasteiger partial charge on any atom is -0.319 e. The third-order valence-electron chi connectivity index (χ3n) is 5.92. The van der Waals surface area contributed by atoms with E-state index >= 15 is 0 Å². The summed E-state index contributed by atoms with van der Waals surface area (Å²) >= 11 is 6.09. The fraction of sp³-hybridized carbons (Fsp3) is 0.240. The van der Waals surface area contributed by atoms with Gasteiger partial charge in [-0.15, -0.1) is 0 Å². The predicted octanol–water partition coefficient (Wildman–Crippen LogP) is 5.22. The number of amides is 1. The van der Waals surface area contributed by atoms with E-state index in [1.165, 1.54) is 0 Å². The van der Waals surface area contributed by atoms with Crippen LogP contribution in [0, 0.1) is 37.8 Å². The van der Waals surface area contributed by atoms with Crippen molar-refractivity contribution in [2.45, 2.75) is 40.8 Å². The first-order valence-corrected chi connectivity index (χ1v) is 11.4. The number of halogens is 1. The Labute approximate surface area is 207 Å². The minimum atomic E-state index is -0.414. The van der Waals surface area contributed by atoms with Crippen LogP contribution in [0.5, 0.6) is 0 Å². The molecule has 0 saturated heterocycles. The average molecular weight is 493 g/mol. The summed E-state index contributed by atoms with van der Waals surface area (Å²) in [5.41, 5.74) is 5.54. The highest BCUT2D eigenvalue weighted by Crippen LogP contribution is 2.24. The van der Waals surface area contributed by atoms with Crippen molar-refractivity contribution in [2.24, 2.45) is 0 Å². The van der Waals surface area contributed by atoms with Crippen LogP contribution in [0.1, 0.15) is 44.3 Å². The Kier molecular flexibility index (Phi) is 6.70. The van der Waals surface area contributed by atoms with Crippen LogP contribution in [0.3, 0.4) is 0 Å². The van der Waals surface area contributed by atoms with Crippen molar-refractivity contribution in [3.63, 3.8) is 0 Å². The maximum atomic E-state index is 12.9. The van der Waals surface area contributed by atoms with E-state index in [1.54, 1.807) is 30.7 Å². The van der Waals surface area contributed by atoms with Crippen LogP contribution in [0.4, 0.5) is 11.4 Å². The molecule has 0 aliphatic rings. The molecule has 180 valence electrons. The molecular formula is C25H25ClN6O3. The topological polar surface area (TPSA) is 108 Å². The highest BCUT2D eigenvalue weighted by atomic mass is 35.5. The van der Waals surface area contributed by atoms with Gasteiger partial charge in [0.25, 0.3) is 5.91 Å². The number of aryl methyl sites for hydroxylation is 2. The summed E-state index contributed by atoms with van der Waals surface area (Å²) in [7, 11) is 0. The molecule has 4 rings (SSSR count). The Hall–Kier alpha value is -3.98. The molecule has 0 aliphatic heterocycles. The standard InChI is InChI=1S/C25H25ClN6O3/c1-15-23(17(3)30(28-15)14-20-6-5-7-22(26)12-20)27-25(33)21-10-8-19(9-11-21)13-31-18(4)24(32(34)35)16(2)29-31/h5-12H,13-14H2,1-4H3,(H,27,33). The summed E-state index contributed by atoms with van der Waals surface area (Å²) in [6.45, 7) is 7.98.